The van der Waals surface area contributed by atoms with Crippen molar-refractivity contribution in [2.24, 2.45) is 0 Å². The van der Waals surface area contributed by atoms with Crippen LogP contribution in [0.4, 0.5) is 11.4 Å². The third kappa shape index (κ3) is 8.72. The van der Waals surface area contributed by atoms with E-state index < -0.39 is 0 Å². The Morgan fingerprint density at radius 2 is 1.00 bits per heavy atom. The van der Waals surface area contributed by atoms with E-state index >= 15 is 0 Å². The number of ether oxygens (including phenoxy) is 1. The van der Waals surface area contributed by atoms with Crippen molar-refractivity contribution < 1.29 is 4.74 Å². The maximum Gasteiger partial charge on any atom is 0.137 e. The molecule has 69 heavy (non-hydrogen) atoms. The van der Waals surface area contributed by atoms with Crippen molar-refractivity contribution in [1.29, 1.82) is 0 Å². The Morgan fingerprint density at radius 1 is 0.435 bits per heavy atom. The fraction of sp³-hybridized carbons (Fsp3) is 0.234. The highest BCUT2D eigenvalue weighted by atomic mass is 16.5. The lowest BCUT2D eigenvalue weighted by Crippen LogP contribution is -2.26. The second kappa shape index (κ2) is 17.3. The highest BCUT2D eigenvalue weighted by Gasteiger charge is 2.30. The smallest absolute Gasteiger partial charge is 0.137 e. The van der Waals surface area contributed by atoms with Crippen molar-refractivity contribution in [3.05, 3.63) is 228 Å². The SMILES string of the molecule is CC(C)(C)c1cc(-c2ccccc2)cc(N2C=CN(c3cc(Oc4cc(C(C)(C)C)c5c6ccccc6n(-c6cc(C(C)(C)c7ccccc7)ccn6)c5c4)cc(C(C)(C)c4ccccc4)c3)C2)c1. The zero-order chi connectivity index (χ0) is 48.3. The lowest BCUT2D eigenvalue weighted by Gasteiger charge is -2.29. The molecule has 0 saturated carbocycles. The predicted molar refractivity (Wildman–Crippen MR) is 290 cm³/mol. The van der Waals surface area contributed by atoms with Gasteiger partial charge in [0.15, 0.2) is 0 Å². The summed E-state index contributed by atoms with van der Waals surface area (Å²) in [6, 6.07) is 63.7. The first-order valence-electron chi connectivity index (χ1n) is 24.4. The molecule has 10 rings (SSSR count). The van der Waals surface area contributed by atoms with Crippen LogP contribution in [0, 0.1) is 0 Å². The maximum absolute atomic E-state index is 7.25. The summed E-state index contributed by atoms with van der Waals surface area (Å²) in [5, 5.41) is 2.41. The van der Waals surface area contributed by atoms with Crippen molar-refractivity contribution in [2.45, 2.75) is 90.9 Å². The number of anilines is 2. The van der Waals surface area contributed by atoms with E-state index in [4.69, 9.17) is 9.72 Å². The third-order valence-electron chi connectivity index (χ3n) is 14.4. The molecule has 0 radical (unpaired) electrons. The number of pyridine rings is 1. The lowest BCUT2D eigenvalue weighted by atomic mass is 9.78. The zero-order valence-electron chi connectivity index (χ0n) is 41.9. The molecular formula is C64H64N4O. The van der Waals surface area contributed by atoms with Crippen LogP contribution in [0.3, 0.4) is 0 Å². The second-order valence-electron chi connectivity index (χ2n) is 21.9. The maximum atomic E-state index is 7.25. The Labute approximate surface area is 409 Å². The Kier molecular flexibility index (Phi) is 11.4. The minimum absolute atomic E-state index is 0.0175. The predicted octanol–water partition coefficient (Wildman–Crippen LogP) is 16.6. The normalized spacial score (nSPS) is 13.5. The summed E-state index contributed by atoms with van der Waals surface area (Å²) < 4.78 is 9.58. The van der Waals surface area contributed by atoms with E-state index in [1.807, 2.05) is 6.20 Å². The number of aromatic nitrogens is 2. The van der Waals surface area contributed by atoms with Crippen LogP contribution in [0.1, 0.15) is 103 Å². The van der Waals surface area contributed by atoms with Crippen LogP contribution in [-0.2, 0) is 21.7 Å². The molecule has 0 saturated heterocycles. The Bertz CT molecular complexity index is 3350. The molecule has 5 heteroatoms. The minimum atomic E-state index is -0.318. The van der Waals surface area contributed by atoms with Gasteiger partial charge >= 0.3 is 0 Å². The first-order valence-corrected chi connectivity index (χ1v) is 24.4. The summed E-state index contributed by atoms with van der Waals surface area (Å²) in [4.78, 5) is 9.77. The van der Waals surface area contributed by atoms with Crippen molar-refractivity contribution in [2.75, 3.05) is 16.5 Å². The quantitative estimate of drug-likeness (QED) is 0.137. The molecular weight excluding hydrogens is 841 g/mol. The van der Waals surface area contributed by atoms with Crippen LogP contribution in [0.25, 0.3) is 38.8 Å². The molecule has 0 unspecified atom stereocenters. The van der Waals surface area contributed by atoms with Crippen LogP contribution in [0.15, 0.2) is 195 Å². The van der Waals surface area contributed by atoms with Crippen LogP contribution < -0.4 is 14.5 Å². The largest absolute Gasteiger partial charge is 0.457 e. The highest BCUT2D eigenvalue weighted by molar-refractivity contribution is 6.11. The monoisotopic (exact) mass is 905 g/mol. The Balaban J connectivity index is 1.09. The summed E-state index contributed by atoms with van der Waals surface area (Å²) in [6.45, 7) is 23.6. The molecule has 0 fully saturated rings. The molecule has 9 aromatic rings. The summed E-state index contributed by atoms with van der Waals surface area (Å²) in [6.07, 6.45) is 6.37. The molecule has 3 heterocycles. The molecule has 1 aliphatic heterocycles. The van der Waals surface area contributed by atoms with E-state index in [0.717, 1.165) is 34.0 Å². The molecule has 0 bridgehead atoms. The molecule has 5 nitrogen and oxygen atoms in total. The first kappa shape index (κ1) is 45.4. The van der Waals surface area contributed by atoms with Gasteiger partial charge in [-0.05, 0) is 104 Å². The molecule has 346 valence electrons. The van der Waals surface area contributed by atoms with Crippen molar-refractivity contribution in [3.63, 3.8) is 0 Å². The summed E-state index contributed by atoms with van der Waals surface area (Å²) in [5.74, 6) is 2.44. The average molecular weight is 905 g/mol. The van der Waals surface area contributed by atoms with E-state index in [9.17, 15) is 0 Å². The van der Waals surface area contributed by atoms with Crippen LogP contribution >= 0.6 is 0 Å². The van der Waals surface area contributed by atoms with Gasteiger partial charge in [-0.25, -0.2) is 4.98 Å². The highest BCUT2D eigenvalue weighted by Crippen LogP contribution is 2.45. The van der Waals surface area contributed by atoms with Gasteiger partial charge in [-0.2, -0.15) is 0 Å². The van der Waals surface area contributed by atoms with Crippen LogP contribution in [-0.4, -0.2) is 16.2 Å². The first-order chi connectivity index (χ1) is 32.9. The Morgan fingerprint density at radius 3 is 1.64 bits per heavy atom. The fourth-order valence-corrected chi connectivity index (χ4v) is 10.0. The minimum Gasteiger partial charge on any atom is -0.457 e. The number of benzene rings is 7. The topological polar surface area (TPSA) is 33.5 Å². The van der Waals surface area contributed by atoms with Gasteiger partial charge in [0, 0.05) is 63.7 Å². The molecule has 0 atom stereocenters. The molecule has 1 aliphatic rings. The molecule has 0 aliphatic carbocycles. The van der Waals surface area contributed by atoms with E-state index in [0.29, 0.717) is 6.67 Å². The van der Waals surface area contributed by atoms with E-state index in [1.54, 1.807) is 0 Å². The van der Waals surface area contributed by atoms with Crippen molar-refractivity contribution >= 4 is 33.2 Å². The lowest BCUT2D eigenvalue weighted by molar-refractivity contribution is 0.477. The average Bonchev–Trinajstić information content (AvgIpc) is 3.98. The number of hydrogen-bond acceptors (Lipinski definition) is 4. The zero-order valence-corrected chi connectivity index (χ0v) is 41.9. The molecule has 0 spiro atoms. The summed E-state index contributed by atoms with van der Waals surface area (Å²) >= 11 is 0. The van der Waals surface area contributed by atoms with E-state index in [1.165, 1.54) is 61.0 Å². The van der Waals surface area contributed by atoms with Gasteiger partial charge in [0.05, 0.1) is 17.7 Å². The molecule has 2 aromatic heterocycles. The summed E-state index contributed by atoms with van der Waals surface area (Å²) in [7, 11) is 0. The number of nitrogens with zero attached hydrogens (tertiary/aromatic N) is 4. The number of rotatable bonds is 10. The van der Waals surface area contributed by atoms with Gasteiger partial charge in [-0.15, -0.1) is 0 Å². The molecule has 7 aromatic carbocycles. The Hall–Kier alpha value is -7.37. The van der Waals surface area contributed by atoms with Gasteiger partial charge in [-0.3, -0.25) is 4.57 Å². The van der Waals surface area contributed by atoms with Gasteiger partial charge in [0.1, 0.15) is 17.3 Å². The third-order valence-corrected chi connectivity index (χ3v) is 14.4. The van der Waals surface area contributed by atoms with E-state index in [2.05, 4.69) is 272 Å². The number of fused-ring (bicyclic) bond motifs is 3. The van der Waals surface area contributed by atoms with Gasteiger partial charge in [0.25, 0.3) is 0 Å². The molecule has 0 N–H and O–H groups in total. The van der Waals surface area contributed by atoms with Gasteiger partial charge in [0.2, 0.25) is 0 Å². The molecule has 0 amide bonds. The van der Waals surface area contributed by atoms with E-state index in [-0.39, 0.29) is 21.7 Å². The van der Waals surface area contributed by atoms with Gasteiger partial charge in [-0.1, -0.05) is 184 Å². The fourth-order valence-electron chi connectivity index (χ4n) is 10.0. The van der Waals surface area contributed by atoms with Gasteiger partial charge < -0.3 is 14.5 Å². The van der Waals surface area contributed by atoms with Crippen molar-refractivity contribution in [1.82, 2.24) is 9.55 Å². The van der Waals surface area contributed by atoms with Crippen LogP contribution in [0.5, 0.6) is 11.5 Å². The number of hydrogen-bond donors (Lipinski definition) is 0. The summed E-state index contributed by atoms with van der Waals surface area (Å²) in [5.41, 5.74) is 13.5. The second-order valence-corrected chi connectivity index (χ2v) is 21.9. The van der Waals surface area contributed by atoms with Crippen LogP contribution in [0.2, 0.25) is 0 Å². The van der Waals surface area contributed by atoms with Crippen molar-refractivity contribution in [3.8, 4) is 28.4 Å². The number of para-hydroxylation sites is 1. The standard InChI is InChI=1S/C64H64N4O/c1-61(2,3)49-34-45(44-22-14-11-15-23-44)35-51(36-49)66-32-33-67(43-66)52-37-50(64(9,10)47-26-18-13-19-27-47)38-53(40-52)69-54-41-56(62(4,5)6)60-55-28-20-21-29-57(55)68(58(60)42-54)59-39-48(30-31-65-59)63(7,8)46-24-16-12-17-25-46/h11-42H,43H2,1-10H3.